The van der Waals surface area contributed by atoms with Gasteiger partial charge >= 0.3 is 0 Å². The summed E-state index contributed by atoms with van der Waals surface area (Å²) in [4.78, 5) is 14.5. The summed E-state index contributed by atoms with van der Waals surface area (Å²) in [5, 5.41) is 0. The number of rotatable bonds is 4. The van der Waals surface area contributed by atoms with Gasteiger partial charge in [0.25, 0.3) is 5.56 Å². The van der Waals surface area contributed by atoms with Crippen molar-refractivity contribution in [3.8, 4) is 0 Å². The average molecular weight is 250 g/mol. The molecular weight excluding hydrogens is 228 g/mol. The first-order chi connectivity index (χ1) is 8.68. The number of hydrogen-bond donors (Lipinski definition) is 0. The predicted octanol–water partition coefficient (Wildman–Crippen LogP) is 1.30. The molecule has 1 aromatic heterocycles. The third-order valence-electron chi connectivity index (χ3n) is 3.43. The largest absolute Gasteiger partial charge is 0.379 e. The molecular formula is C14H22N2O2. The van der Waals surface area contributed by atoms with E-state index >= 15 is 0 Å². The van der Waals surface area contributed by atoms with Gasteiger partial charge in [-0.2, -0.15) is 0 Å². The molecule has 0 amide bonds. The van der Waals surface area contributed by atoms with Crippen molar-refractivity contribution in [2.75, 3.05) is 32.8 Å². The maximum atomic E-state index is 12.2. The zero-order chi connectivity index (χ0) is 13.0. The lowest BCUT2D eigenvalue weighted by molar-refractivity contribution is 0.0362. The Hall–Kier alpha value is -1.13. The van der Waals surface area contributed by atoms with E-state index in [4.69, 9.17) is 4.74 Å². The first-order valence-electron chi connectivity index (χ1n) is 6.68. The zero-order valence-corrected chi connectivity index (χ0v) is 11.3. The number of nitrogens with zero attached hydrogens (tertiary/aromatic N) is 2. The normalized spacial score (nSPS) is 17.3. The molecule has 18 heavy (non-hydrogen) atoms. The highest BCUT2D eigenvalue weighted by atomic mass is 16.5. The van der Waals surface area contributed by atoms with E-state index < -0.39 is 0 Å². The topological polar surface area (TPSA) is 34.5 Å². The Morgan fingerprint density at radius 2 is 2.00 bits per heavy atom. The summed E-state index contributed by atoms with van der Waals surface area (Å²) in [7, 11) is 0. The molecule has 0 bridgehead atoms. The van der Waals surface area contributed by atoms with Crippen LogP contribution in [-0.4, -0.2) is 42.3 Å². The van der Waals surface area contributed by atoms with E-state index in [0.717, 1.165) is 45.0 Å². The summed E-state index contributed by atoms with van der Waals surface area (Å²) in [5.74, 6) is 0.285. The molecule has 100 valence electrons. The smallest absolute Gasteiger partial charge is 0.254 e. The Morgan fingerprint density at radius 3 is 2.67 bits per heavy atom. The van der Waals surface area contributed by atoms with Gasteiger partial charge in [0, 0.05) is 37.9 Å². The van der Waals surface area contributed by atoms with Gasteiger partial charge in [-0.05, 0) is 12.0 Å². The van der Waals surface area contributed by atoms with Crippen molar-refractivity contribution < 1.29 is 4.74 Å². The van der Waals surface area contributed by atoms with Crippen LogP contribution in [0.2, 0.25) is 0 Å². The Balaban J connectivity index is 2.00. The Kier molecular flexibility index (Phi) is 4.55. The predicted molar refractivity (Wildman–Crippen MR) is 72.1 cm³/mol. The van der Waals surface area contributed by atoms with E-state index in [2.05, 4.69) is 18.7 Å². The van der Waals surface area contributed by atoms with Crippen LogP contribution < -0.4 is 5.56 Å². The summed E-state index contributed by atoms with van der Waals surface area (Å²) >= 11 is 0. The molecule has 0 aliphatic carbocycles. The molecule has 4 nitrogen and oxygen atoms in total. The van der Waals surface area contributed by atoms with Crippen molar-refractivity contribution >= 4 is 0 Å². The van der Waals surface area contributed by atoms with E-state index in [0.29, 0.717) is 0 Å². The molecule has 1 saturated heterocycles. The molecule has 2 heterocycles. The summed E-state index contributed by atoms with van der Waals surface area (Å²) in [6.07, 6.45) is 1.88. The molecule has 0 aromatic carbocycles. The third-order valence-corrected chi connectivity index (χ3v) is 3.43. The minimum Gasteiger partial charge on any atom is -0.379 e. The van der Waals surface area contributed by atoms with Crippen LogP contribution in [0.1, 0.15) is 25.3 Å². The maximum Gasteiger partial charge on any atom is 0.254 e. The lowest BCUT2D eigenvalue weighted by Crippen LogP contribution is -2.39. The van der Waals surface area contributed by atoms with Crippen molar-refractivity contribution in [1.29, 1.82) is 0 Å². The average Bonchev–Trinajstić information content (AvgIpc) is 2.38. The molecule has 0 unspecified atom stereocenters. The summed E-state index contributed by atoms with van der Waals surface area (Å²) < 4.78 is 7.14. The standard InChI is InChI=1S/C14H22N2O2/c1-12(2)13-4-3-5-16(14(13)17)7-6-15-8-10-18-11-9-15/h3-5,12H,6-11H2,1-2H3. The Morgan fingerprint density at radius 1 is 1.28 bits per heavy atom. The van der Waals surface area contributed by atoms with E-state index in [9.17, 15) is 4.79 Å². The highest BCUT2D eigenvalue weighted by Crippen LogP contribution is 2.08. The van der Waals surface area contributed by atoms with E-state index in [1.54, 1.807) is 0 Å². The quantitative estimate of drug-likeness (QED) is 0.808. The summed E-state index contributed by atoms with van der Waals surface area (Å²) in [5.41, 5.74) is 1.06. The molecule has 1 fully saturated rings. The highest BCUT2D eigenvalue weighted by molar-refractivity contribution is 5.14. The number of hydrogen-bond acceptors (Lipinski definition) is 3. The monoisotopic (exact) mass is 250 g/mol. The molecule has 0 saturated carbocycles. The first kappa shape index (κ1) is 13.3. The van der Waals surface area contributed by atoms with Crippen molar-refractivity contribution in [1.82, 2.24) is 9.47 Å². The second-order valence-electron chi connectivity index (χ2n) is 5.07. The van der Waals surface area contributed by atoms with E-state index in [-0.39, 0.29) is 11.5 Å². The Bertz CT molecular complexity index is 434. The summed E-state index contributed by atoms with van der Waals surface area (Å²) in [6, 6.07) is 3.90. The molecule has 4 heteroatoms. The van der Waals surface area contributed by atoms with Crippen LogP contribution in [0.4, 0.5) is 0 Å². The molecule has 1 aliphatic heterocycles. The summed E-state index contributed by atoms with van der Waals surface area (Å²) in [6.45, 7) is 9.36. The third kappa shape index (κ3) is 3.21. The SMILES string of the molecule is CC(C)c1cccn(CCN2CCOCC2)c1=O. The molecule has 0 radical (unpaired) electrons. The van der Waals surface area contributed by atoms with Crippen LogP contribution in [0.5, 0.6) is 0 Å². The molecule has 0 spiro atoms. The molecule has 0 N–H and O–H groups in total. The lowest BCUT2D eigenvalue weighted by Gasteiger charge is -2.26. The molecule has 1 aliphatic rings. The van der Waals surface area contributed by atoms with Crippen molar-refractivity contribution in [2.24, 2.45) is 0 Å². The molecule has 1 aromatic rings. The van der Waals surface area contributed by atoms with Crippen LogP contribution >= 0.6 is 0 Å². The molecule has 2 rings (SSSR count). The fourth-order valence-corrected chi connectivity index (χ4v) is 2.24. The lowest BCUT2D eigenvalue weighted by atomic mass is 10.1. The van der Waals surface area contributed by atoms with E-state index in [1.807, 2.05) is 22.9 Å². The number of ether oxygens (including phenoxy) is 1. The van der Waals surface area contributed by atoms with Crippen LogP contribution in [-0.2, 0) is 11.3 Å². The van der Waals surface area contributed by atoms with Crippen LogP contribution in [0.25, 0.3) is 0 Å². The molecule has 0 atom stereocenters. The second kappa shape index (κ2) is 6.16. The maximum absolute atomic E-state index is 12.2. The van der Waals surface area contributed by atoms with Crippen LogP contribution in [0.3, 0.4) is 0 Å². The number of aromatic nitrogens is 1. The fraction of sp³-hybridized carbons (Fsp3) is 0.643. The van der Waals surface area contributed by atoms with Crippen molar-refractivity contribution in [2.45, 2.75) is 26.3 Å². The van der Waals surface area contributed by atoms with Gasteiger partial charge in [0.2, 0.25) is 0 Å². The van der Waals surface area contributed by atoms with Gasteiger partial charge in [0.15, 0.2) is 0 Å². The number of morpholine rings is 1. The minimum atomic E-state index is 0.153. The fourth-order valence-electron chi connectivity index (χ4n) is 2.24. The highest BCUT2D eigenvalue weighted by Gasteiger charge is 2.11. The number of pyridine rings is 1. The van der Waals surface area contributed by atoms with Crippen molar-refractivity contribution in [3.63, 3.8) is 0 Å². The Labute approximate surface area is 108 Å². The van der Waals surface area contributed by atoms with Crippen molar-refractivity contribution in [3.05, 3.63) is 34.2 Å². The van der Waals surface area contributed by atoms with Gasteiger partial charge in [-0.15, -0.1) is 0 Å². The first-order valence-corrected chi connectivity index (χ1v) is 6.68. The van der Waals surface area contributed by atoms with Gasteiger partial charge < -0.3 is 9.30 Å². The van der Waals surface area contributed by atoms with Gasteiger partial charge in [-0.25, -0.2) is 0 Å². The van der Waals surface area contributed by atoms with Gasteiger partial charge in [0.1, 0.15) is 0 Å². The zero-order valence-electron chi connectivity index (χ0n) is 11.3. The van der Waals surface area contributed by atoms with Crippen LogP contribution in [0.15, 0.2) is 23.1 Å². The van der Waals surface area contributed by atoms with Gasteiger partial charge in [-0.3, -0.25) is 9.69 Å². The van der Waals surface area contributed by atoms with Gasteiger partial charge in [-0.1, -0.05) is 19.9 Å². The van der Waals surface area contributed by atoms with Crippen LogP contribution in [0, 0.1) is 0 Å². The van der Waals surface area contributed by atoms with E-state index in [1.165, 1.54) is 0 Å². The second-order valence-corrected chi connectivity index (χ2v) is 5.07. The van der Waals surface area contributed by atoms with Gasteiger partial charge in [0.05, 0.1) is 13.2 Å². The minimum absolute atomic E-state index is 0.153.